The van der Waals surface area contributed by atoms with Crippen molar-refractivity contribution in [3.05, 3.63) is 59.7 Å². The standard InChI is InChI=1S/C19H21NO/c1-15(21)18-5-4-6-19(13-18)17-9-7-16(8-10-17)14-20-11-2-3-12-20/h4-10,13H,2-3,11-12,14H2,1H3. The minimum absolute atomic E-state index is 0.113. The molecule has 0 bridgehead atoms. The van der Waals surface area contributed by atoms with Crippen LogP contribution in [0.4, 0.5) is 0 Å². The fraction of sp³-hybridized carbons (Fsp3) is 0.316. The predicted octanol–water partition coefficient (Wildman–Crippen LogP) is 4.15. The largest absolute Gasteiger partial charge is 0.299 e. The minimum Gasteiger partial charge on any atom is -0.299 e. The van der Waals surface area contributed by atoms with E-state index in [1.54, 1.807) is 6.92 Å². The molecule has 0 N–H and O–H groups in total. The molecule has 0 spiro atoms. The van der Waals surface area contributed by atoms with Crippen molar-refractivity contribution in [2.24, 2.45) is 0 Å². The monoisotopic (exact) mass is 279 g/mol. The molecule has 1 aliphatic rings. The molecule has 0 saturated carbocycles. The first-order chi connectivity index (χ1) is 10.2. The van der Waals surface area contributed by atoms with Crippen molar-refractivity contribution < 1.29 is 4.79 Å². The molecule has 0 aliphatic carbocycles. The van der Waals surface area contributed by atoms with Crippen molar-refractivity contribution in [1.29, 1.82) is 0 Å². The van der Waals surface area contributed by atoms with Gasteiger partial charge in [0.2, 0.25) is 0 Å². The Labute approximate surface area is 126 Å². The van der Waals surface area contributed by atoms with E-state index in [-0.39, 0.29) is 5.78 Å². The summed E-state index contributed by atoms with van der Waals surface area (Å²) < 4.78 is 0. The molecule has 0 atom stereocenters. The number of Topliss-reactive ketones (excluding diaryl/α,β-unsaturated/α-hetero) is 1. The molecule has 0 amide bonds. The van der Waals surface area contributed by atoms with Gasteiger partial charge in [-0.15, -0.1) is 0 Å². The van der Waals surface area contributed by atoms with E-state index in [9.17, 15) is 4.79 Å². The smallest absolute Gasteiger partial charge is 0.159 e. The van der Waals surface area contributed by atoms with Gasteiger partial charge in [0.1, 0.15) is 0 Å². The topological polar surface area (TPSA) is 20.3 Å². The molecule has 21 heavy (non-hydrogen) atoms. The second-order valence-electron chi connectivity index (χ2n) is 5.82. The van der Waals surface area contributed by atoms with E-state index < -0.39 is 0 Å². The maximum atomic E-state index is 11.5. The van der Waals surface area contributed by atoms with Gasteiger partial charge in [-0.3, -0.25) is 9.69 Å². The van der Waals surface area contributed by atoms with Crippen LogP contribution >= 0.6 is 0 Å². The maximum absolute atomic E-state index is 11.5. The Morgan fingerprint density at radius 1 is 1.00 bits per heavy atom. The zero-order valence-electron chi connectivity index (χ0n) is 12.5. The Hall–Kier alpha value is -1.93. The summed E-state index contributed by atoms with van der Waals surface area (Å²) >= 11 is 0. The number of benzene rings is 2. The molecule has 0 unspecified atom stereocenters. The van der Waals surface area contributed by atoms with Crippen LogP contribution in [0.25, 0.3) is 11.1 Å². The number of rotatable bonds is 4. The SMILES string of the molecule is CC(=O)c1cccc(-c2ccc(CN3CCCC3)cc2)c1. The molecule has 2 heteroatoms. The van der Waals surface area contributed by atoms with Crippen LogP contribution < -0.4 is 0 Å². The molecule has 1 saturated heterocycles. The molecule has 1 aliphatic heterocycles. The normalized spacial score (nSPS) is 15.3. The van der Waals surface area contributed by atoms with E-state index in [4.69, 9.17) is 0 Å². The van der Waals surface area contributed by atoms with E-state index in [0.717, 1.165) is 17.7 Å². The lowest BCUT2D eigenvalue weighted by Gasteiger charge is -2.14. The molecular weight excluding hydrogens is 258 g/mol. The van der Waals surface area contributed by atoms with Crippen LogP contribution in [0.2, 0.25) is 0 Å². The van der Waals surface area contributed by atoms with E-state index >= 15 is 0 Å². The fourth-order valence-corrected chi connectivity index (χ4v) is 2.92. The van der Waals surface area contributed by atoms with Crippen molar-refractivity contribution >= 4 is 5.78 Å². The zero-order valence-corrected chi connectivity index (χ0v) is 12.5. The summed E-state index contributed by atoms with van der Waals surface area (Å²) in [6.45, 7) is 5.11. The summed E-state index contributed by atoms with van der Waals surface area (Å²) in [5.74, 6) is 0.113. The van der Waals surface area contributed by atoms with Crippen LogP contribution in [0.3, 0.4) is 0 Å². The Balaban J connectivity index is 1.77. The average molecular weight is 279 g/mol. The Bertz CT molecular complexity index is 624. The van der Waals surface area contributed by atoms with Crippen LogP contribution in [-0.4, -0.2) is 23.8 Å². The van der Waals surface area contributed by atoms with E-state index in [1.807, 2.05) is 18.2 Å². The summed E-state index contributed by atoms with van der Waals surface area (Å²) in [5.41, 5.74) is 4.41. The number of ketones is 1. The van der Waals surface area contributed by atoms with Gasteiger partial charge in [0, 0.05) is 12.1 Å². The molecule has 2 aromatic rings. The predicted molar refractivity (Wildman–Crippen MR) is 86.4 cm³/mol. The quantitative estimate of drug-likeness (QED) is 0.784. The molecule has 1 heterocycles. The van der Waals surface area contributed by atoms with Gasteiger partial charge < -0.3 is 0 Å². The lowest BCUT2D eigenvalue weighted by molar-refractivity contribution is 0.101. The number of carbonyl (C=O) groups is 1. The van der Waals surface area contributed by atoms with Crippen LogP contribution in [0.5, 0.6) is 0 Å². The molecule has 3 rings (SSSR count). The molecule has 0 radical (unpaired) electrons. The molecule has 0 aromatic heterocycles. The lowest BCUT2D eigenvalue weighted by Crippen LogP contribution is -2.18. The number of likely N-dealkylation sites (tertiary alicyclic amines) is 1. The number of hydrogen-bond donors (Lipinski definition) is 0. The summed E-state index contributed by atoms with van der Waals surface area (Å²) in [7, 11) is 0. The first-order valence-corrected chi connectivity index (χ1v) is 7.65. The summed E-state index contributed by atoms with van der Waals surface area (Å²) in [4.78, 5) is 14.0. The highest BCUT2D eigenvalue weighted by molar-refractivity contribution is 5.95. The van der Waals surface area contributed by atoms with Gasteiger partial charge in [0.15, 0.2) is 5.78 Å². The minimum atomic E-state index is 0.113. The summed E-state index contributed by atoms with van der Waals surface area (Å²) in [6.07, 6.45) is 2.66. The molecule has 108 valence electrons. The molecule has 1 fully saturated rings. The van der Waals surface area contributed by atoms with Crippen LogP contribution in [0, 0.1) is 0 Å². The Kier molecular flexibility index (Phi) is 4.16. The van der Waals surface area contributed by atoms with Crippen molar-refractivity contribution in [2.45, 2.75) is 26.3 Å². The van der Waals surface area contributed by atoms with Gasteiger partial charge in [-0.05, 0) is 55.6 Å². The molecule has 2 nitrogen and oxygen atoms in total. The highest BCUT2D eigenvalue weighted by Gasteiger charge is 2.11. The highest BCUT2D eigenvalue weighted by atomic mass is 16.1. The maximum Gasteiger partial charge on any atom is 0.159 e. The van der Waals surface area contributed by atoms with Crippen molar-refractivity contribution in [3.63, 3.8) is 0 Å². The van der Waals surface area contributed by atoms with Crippen LogP contribution in [-0.2, 0) is 6.54 Å². The van der Waals surface area contributed by atoms with Crippen molar-refractivity contribution in [1.82, 2.24) is 4.90 Å². The van der Waals surface area contributed by atoms with Crippen molar-refractivity contribution in [2.75, 3.05) is 13.1 Å². The zero-order chi connectivity index (χ0) is 14.7. The Morgan fingerprint density at radius 2 is 1.71 bits per heavy atom. The van der Waals surface area contributed by atoms with Gasteiger partial charge in [-0.2, -0.15) is 0 Å². The van der Waals surface area contributed by atoms with E-state index in [0.29, 0.717) is 0 Å². The van der Waals surface area contributed by atoms with E-state index in [2.05, 4.69) is 35.2 Å². The number of nitrogens with zero attached hydrogens (tertiary/aromatic N) is 1. The average Bonchev–Trinajstić information content (AvgIpc) is 3.01. The van der Waals surface area contributed by atoms with Gasteiger partial charge >= 0.3 is 0 Å². The summed E-state index contributed by atoms with van der Waals surface area (Å²) in [6, 6.07) is 16.6. The second kappa shape index (κ2) is 6.23. The van der Waals surface area contributed by atoms with Crippen LogP contribution in [0.1, 0.15) is 35.7 Å². The van der Waals surface area contributed by atoms with Gasteiger partial charge in [-0.25, -0.2) is 0 Å². The first-order valence-electron chi connectivity index (χ1n) is 7.65. The van der Waals surface area contributed by atoms with Crippen LogP contribution in [0.15, 0.2) is 48.5 Å². The Morgan fingerprint density at radius 3 is 2.38 bits per heavy atom. The van der Waals surface area contributed by atoms with E-state index in [1.165, 1.54) is 37.1 Å². The lowest BCUT2D eigenvalue weighted by atomic mass is 10.0. The number of carbonyl (C=O) groups excluding carboxylic acids is 1. The van der Waals surface area contributed by atoms with Gasteiger partial charge in [-0.1, -0.05) is 42.5 Å². The van der Waals surface area contributed by atoms with Crippen molar-refractivity contribution in [3.8, 4) is 11.1 Å². The molecule has 2 aromatic carbocycles. The molecular formula is C19H21NO. The third-order valence-electron chi connectivity index (χ3n) is 4.16. The fourth-order valence-electron chi connectivity index (χ4n) is 2.92. The summed E-state index contributed by atoms with van der Waals surface area (Å²) in [5, 5.41) is 0. The second-order valence-corrected chi connectivity index (χ2v) is 5.82. The first kappa shape index (κ1) is 14.0. The highest BCUT2D eigenvalue weighted by Crippen LogP contribution is 2.22. The van der Waals surface area contributed by atoms with Gasteiger partial charge in [0.05, 0.1) is 0 Å². The third-order valence-corrected chi connectivity index (χ3v) is 4.16. The number of hydrogen-bond acceptors (Lipinski definition) is 2. The third kappa shape index (κ3) is 3.40. The van der Waals surface area contributed by atoms with Gasteiger partial charge in [0.25, 0.3) is 0 Å².